The quantitative estimate of drug-likeness (QED) is 0.519. The lowest BCUT2D eigenvalue weighted by Gasteiger charge is -2.26. The van der Waals surface area contributed by atoms with Gasteiger partial charge in [-0.1, -0.05) is 12.2 Å². The van der Waals surface area contributed by atoms with Crippen molar-refractivity contribution in [1.82, 2.24) is 10.6 Å². The lowest BCUT2D eigenvalue weighted by molar-refractivity contribution is 0.397. The number of hydrogen-bond donors (Lipinski definition) is 2. The second-order valence-electron chi connectivity index (χ2n) is 2.85. The largest absolute Gasteiger partial charge is 0.311 e. The zero-order valence-electron chi connectivity index (χ0n) is 6.72. The molecule has 0 aliphatic carbocycles. The summed E-state index contributed by atoms with van der Waals surface area (Å²) in [6.45, 7) is 6.39. The van der Waals surface area contributed by atoms with Crippen LogP contribution in [-0.2, 0) is 0 Å². The summed E-state index contributed by atoms with van der Waals surface area (Å²) in [5.41, 5.74) is 0. The fraction of sp³-hybridized carbons (Fsp3) is 0.750. The van der Waals surface area contributed by atoms with Crippen LogP contribution < -0.4 is 10.6 Å². The van der Waals surface area contributed by atoms with Crippen LogP contribution in [0.2, 0.25) is 0 Å². The van der Waals surface area contributed by atoms with Crippen LogP contribution in [0.15, 0.2) is 12.2 Å². The number of hydrogen-bond acceptors (Lipinski definition) is 2. The molecule has 2 N–H and O–H groups in total. The Morgan fingerprint density at radius 1 is 1.30 bits per heavy atom. The Morgan fingerprint density at radius 2 is 2.10 bits per heavy atom. The molecule has 2 nitrogen and oxygen atoms in total. The summed E-state index contributed by atoms with van der Waals surface area (Å²) in [4.78, 5) is 0. The average molecular weight is 140 g/mol. The van der Waals surface area contributed by atoms with E-state index < -0.39 is 0 Å². The summed E-state index contributed by atoms with van der Waals surface area (Å²) in [6.07, 6.45) is 4.29. The molecule has 1 fully saturated rings. The predicted octanol–water partition coefficient (Wildman–Crippen LogP) is 0.512. The van der Waals surface area contributed by atoms with Crippen LogP contribution in [0.5, 0.6) is 0 Å². The first kappa shape index (κ1) is 7.76. The Balaban J connectivity index is 2.26. The Hall–Kier alpha value is -0.340. The first-order chi connectivity index (χ1) is 4.83. The van der Waals surface area contributed by atoms with Gasteiger partial charge >= 0.3 is 0 Å². The van der Waals surface area contributed by atoms with Crippen molar-refractivity contribution in [1.29, 1.82) is 0 Å². The molecule has 58 valence electrons. The van der Waals surface area contributed by atoms with Crippen molar-refractivity contribution >= 4 is 0 Å². The molecule has 0 radical (unpaired) electrons. The second-order valence-corrected chi connectivity index (χ2v) is 2.85. The van der Waals surface area contributed by atoms with Gasteiger partial charge in [-0.3, -0.25) is 0 Å². The first-order valence-corrected chi connectivity index (χ1v) is 3.92. The Labute approximate surface area is 62.7 Å². The van der Waals surface area contributed by atoms with Crippen LogP contribution in [0.1, 0.15) is 13.8 Å². The molecule has 1 aliphatic rings. The van der Waals surface area contributed by atoms with Gasteiger partial charge in [0.2, 0.25) is 0 Å². The molecule has 1 aliphatic heterocycles. The molecule has 0 saturated carbocycles. The van der Waals surface area contributed by atoms with E-state index in [9.17, 15) is 0 Å². The van der Waals surface area contributed by atoms with E-state index in [0.717, 1.165) is 13.1 Å². The van der Waals surface area contributed by atoms with Crippen molar-refractivity contribution in [3.05, 3.63) is 12.2 Å². The number of rotatable bonds is 1. The van der Waals surface area contributed by atoms with Gasteiger partial charge in [0.05, 0.1) is 0 Å². The normalized spacial score (nSPS) is 35.0. The van der Waals surface area contributed by atoms with Crippen molar-refractivity contribution in [3.8, 4) is 0 Å². The molecule has 1 saturated heterocycles. The molecule has 0 unspecified atom stereocenters. The van der Waals surface area contributed by atoms with Crippen LogP contribution in [0.25, 0.3) is 0 Å². The fourth-order valence-corrected chi connectivity index (χ4v) is 1.17. The minimum Gasteiger partial charge on any atom is -0.311 e. The minimum atomic E-state index is 0.543. The molecule has 0 aromatic carbocycles. The zero-order valence-corrected chi connectivity index (χ0v) is 6.72. The van der Waals surface area contributed by atoms with Gasteiger partial charge in [-0.25, -0.2) is 0 Å². The second kappa shape index (κ2) is 3.74. The number of nitrogens with one attached hydrogen (secondary N) is 2. The summed E-state index contributed by atoms with van der Waals surface area (Å²) in [5.74, 6) is 0. The molecule has 1 rings (SSSR count). The highest BCUT2D eigenvalue weighted by Crippen LogP contribution is 1.93. The van der Waals surface area contributed by atoms with Crippen molar-refractivity contribution in [2.45, 2.75) is 25.9 Å². The summed E-state index contributed by atoms with van der Waals surface area (Å²) in [7, 11) is 0. The highest BCUT2D eigenvalue weighted by Gasteiger charge is 2.12. The lowest BCUT2D eigenvalue weighted by atomic mass is 10.2. The molecule has 0 bridgehead atoms. The Kier molecular flexibility index (Phi) is 2.90. The smallest absolute Gasteiger partial charge is 0.0376 e. The van der Waals surface area contributed by atoms with Gasteiger partial charge in [0.25, 0.3) is 0 Å². The predicted molar refractivity (Wildman–Crippen MR) is 44.1 cm³/mol. The third kappa shape index (κ3) is 2.12. The highest BCUT2D eigenvalue weighted by molar-refractivity contribution is 4.95. The molecule has 1 heterocycles. The fourth-order valence-electron chi connectivity index (χ4n) is 1.17. The summed E-state index contributed by atoms with van der Waals surface area (Å²) >= 11 is 0. The average Bonchev–Trinajstić information content (AvgIpc) is 1.95. The van der Waals surface area contributed by atoms with E-state index in [0.29, 0.717) is 12.1 Å². The summed E-state index contributed by atoms with van der Waals surface area (Å²) in [5, 5.41) is 6.82. The minimum absolute atomic E-state index is 0.543. The maximum Gasteiger partial charge on any atom is 0.0376 e. The van der Waals surface area contributed by atoms with Crippen LogP contribution in [0.3, 0.4) is 0 Å². The van der Waals surface area contributed by atoms with Crippen molar-refractivity contribution in [2.75, 3.05) is 13.1 Å². The molecule has 0 aromatic heterocycles. The van der Waals surface area contributed by atoms with E-state index in [1.54, 1.807) is 0 Å². The lowest BCUT2D eigenvalue weighted by Crippen LogP contribution is -2.52. The molecule has 0 aromatic rings. The van der Waals surface area contributed by atoms with Gasteiger partial charge in [0, 0.05) is 25.2 Å². The van der Waals surface area contributed by atoms with Crippen molar-refractivity contribution in [2.24, 2.45) is 0 Å². The van der Waals surface area contributed by atoms with Gasteiger partial charge < -0.3 is 10.6 Å². The van der Waals surface area contributed by atoms with Crippen molar-refractivity contribution < 1.29 is 0 Å². The molecular weight excluding hydrogens is 124 g/mol. The van der Waals surface area contributed by atoms with Crippen LogP contribution in [0, 0.1) is 0 Å². The van der Waals surface area contributed by atoms with Gasteiger partial charge in [-0.2, -0.15) is 0 Å². The van der Waals surface area contributed by atoms with E-state index in [4.69, 9.17) is 0 Å². The van der Waals surface area contributed by atoms with Crippen molar-refractivity contribution in [3.63, 3.8) is 0 Å². The van der Waals surface area contributed by atoms with E-state index >= 15 is 0 Å². The van der Waals surface area contributed by atoms with E-state index in [-0.39, 0.29) is 0 Å². The Morgan fingerprint density at radius 3 is 2.60 bits per heavy atom. The molecule has 2 atom stereocenters. The summed E-state index contributed by atoms with van der Waals surface area (Å²) < 4.78 is 0. The van der Waals surface area contributed by atoms with Gasteiger partial charge in [0.1, 0.15) is 0 Å². The Bertz CT molecular complexity index is 112. The topological polar surface area (TPSA) is 24.1 Å². The van der Waals surface area contributed by atoms with E-state index in [1.807, 2.05) is 0 Å². The maximum absolute atomic E-state index is 3.42. The monoisotopic (exact) mass is 140 g/mol. The standard InChI is InChI=1S/C8H16N2/c1-3-4-8-6-9-7(2)5-10-8/h3-4,7-10H,5-6H2,1-2H3/b4-3+/t7-,8-/m0/s1. The molecule has 10 heavy (non-hydrogen) atoms. The first-order valence-electron chi connectivity index (χ1n) is 3.92. The number of piperazine rings is 1. The van der Waals surface area contributed by atoms with Crippen LogP contribution in [-0.4, -0.2) is 25.2 Å². The third-order valence-corrected chi connectivity index (χ3v) is 1.80. The van der Waals surface area contributed by atoms with Gasteiger partial charge in [-0.05, 0) is 13.8 Å². The SMILES string of the molecule is C/C=C/[C@H]1CN[C@@H](C)CN1. The summed E-state index contributed by atoms with van der Waals surface area (Å²) in [6, 6.07) is 1.17. The van der Waals surface area contributed by atoms with E-state index in [1.165, 1.54) is 0 Å². The highest BCUT2D eigenvalue weighted by atomic mass is 15.1. The van der Waals surface area contributed by atoms with Crippen LogP contribution >= 0.6 is 0 Å². The third-order valence-electron chi connectivity index (χ3n) is 1.80. The van der Waals surface area contributed by atoms with Gasteiger partial charge in [0.15, 0.2) is 0 Å². The zero-order chi connectivity index (χ0) is 7.40. The maximum atomic E-state index is 3.42. The molecule has 0 amide bonds. The van der Waals surface area contributed by atoms with E-state index in [2.05, 4.69) is 36.6 Å². The van der Waals surface area contributed by atoms with Crippen LogP contribution in [0.4, 0.5) is 0 Å². The number of allylic oxidation sites excluding steroid dienone is 1. The molecule has 0 spiro atoms. The van der Waals surface area contributed by atoms with Gasteiger partial charge in [-0.15, -0.1) is 0 Å². The molecule has 2 heteroatoms. The molecular formula is C8H16N2.